The van der Waals surface area contributed by atoms with E-state index in [4.69, 9.17) is 16.3 Å². The molecule has 0 aliphatic heterocycles. The summed E-state index contributed by atoms with van der Waals surface area (Å²) >= 11 is 6.09. The van der Waals surface area contributed by atoms with E-state index in [2.05, 4.69) is 0 Å². The predicted octanol–water partition coefficient (Wildman–Crippen LogP) is 4.43. The summed E-state index contributed by atoms with van der Waals surface area (Å²) in [5.41, 5.74) is 2.76. The van der Waals surface area contributed by atoms with Crippen LogP contribution in [0.25, 0.3) is 0 Å². The zero-order valence-corrected chi connectivity index (χ0v) is 11.7. The Hall–Kier alpha value is -1.80. The van der Waals surface area contributed by atoms with Crippen LogP contribution in [0, 0.1) is 6.92 Å². The number of rotatable bonds is 4. The fourth-order valence-electron chi connectivity index (χ4n) is 1.77. The molecule has 0 bridgehead atoms. The van der Waals surface area contributed by atoms with Crippen molar-refractivity contribution in [2.75, 3.05) is 0 Å². The van der Waals surface area contributed by atoms with E-state index in [-0.39, 0.29) is 5.78 Å². The van der Waals surface area contributed by atoms with Gasteiger partial charge in [0, 0.05) is 0 Å². The lowest BCUT2D eigenvalue weighted by molar-refractivity contribution is 0.101. The van der Waals surface area contributed by atoms with Gasteiger partial charge in [0.2, 0.25) is 0 Å². The van der Waals surface area contributed by atoms with Crippen molar-refractivity contribution in [3.05, 3.63) is 64.2 Å². The van der Waals surface area contributed by atoms with Gasteiger partial charge in [-0.1, -0.05) is 47.5 Å². The zero-order chi connectivity index (χ0) is 13.8. The van der Waals surface area contributed by atoms with E-state index in [1.807, 2.05) is 31.2 Å². The molecule has 0 saturated carbocycles. The minimum atomic E-state index is -0.0543. The minimum Gasteiger partial charge on any atom is -0.487 e. The molecular formula is C16H15ClO2. The van der Waals surface area contributed by atoms with Crippen molar-refractivity contribution in [1.82, 2.24) is 0 Å². The third-order valence-corrected chi connectivity index (χ3v) is 3.15. The fraction of sp³-hybridized carbons (Fsp3) is 0.188. The molecule has 0 heterocycles. The number of hydrogen-bond donors (Lipinski definition) is 0. The van der Waals surface area contributed by atoms with Gasteiger partial charge in [-0.05, 0) is 31.5 Å². The Balaban J connectivity index is 2.19. The molecular weight excluding hydrogens is 260 g/mol. The van der Waals surface area contributed by atoms with Gasteiger partial charge in [0.05, 0.1) is 10.6 Å². The minimum absolute atomic E-state index is 0.0543. The summed E-state index contributed by atoms with van der Waals surface area (Å²) in [5.74, 6) is 0.402. The topological polar surface area (TPSA) is 26.3 Å². The van der Waals surface area contributed by atoms with Crippen LogP contribution in [0.4, 0.5) is 0 Å². The maximum atomic E-state index is 11.5. The highest BCUT2D eigenvalue weighted by Crippen LogP contribution is 2.29. The van der Waals surface area contributed by atoms with Gasteiger partial charge >= 0.3 is 0 Å². The SMILES string of the molecule is CC(=O)c1cccc(Cl)c1OCc1ccc(C)cc1. The largest absolute Gasteiger partial charge is 0.487 e. The standard InChI is InChI=1S/C16H15ClO2/c1-11-6-8-13(9-7-11)10-19-16-14(12(2)18)4-3-5-15(16)17/h3-9H,10H2,1-2H3. The van der Waals surface area contributed by atoms with E-state index in [9.17, 15) is 4.79 Å². The molecule has 0 N–H and O–H groups in total. The molecule has 0 spiro atoms. The number of benzene rings is 2. The average Bonchev–Trinajstić information content (AvgIpc) is 2.39. The number of ketones is 1. The second kappa shape index (κ2) is 5.89. The molecule has 0 atom stereocenters. The van der Waals surface area contributed by atoms with Crippen LogP contribution in [0.15, 0.2) is 42.5 Å². The van der Waals surface area contributed by atoms with Crippen LogP contribution < -0.4 is 4.74 Å². The van der Waals surface area contributed by atoms with E-state index < -0.39 is 0 Å². The molecule has 2 nitrogen and oxygen atoms in total. The van der Waals surface area contributed by atoms with Crippen LogP contribution >= 0.6 is 11.6 Å². The van der Waals surface area contributed by atoms with E-state index in [1.165, 1.54) is 12.5 Å². The second-order valence-electron chi connectivity index (χ2n) is 4.45. The number of aryl methyl sites for hydroxylation is 1. The predicted molar refractivity (Wildman–Crippen MR) is 77.0 cm³/mol. The quantitative estimate of drug-likeness (QED) is 0.771. The first-order chi connectivity index (χ1) is 9.08. The summed E-state index contributed by atoms with van der Waals surface area (Å²) in [6.07, 6.45) is 0. The van der Waals surface area contributed by atoms with Gasteiger partial charge in [0.15, 0.2) is 5.78 Å². The third-order valence-electron chi connectivity index (χ3n) is 2.85. The molecule has 2 aromatic rings. The van der Waals surface area contributed by atoms with Gasteiger partial charge in [-0.15, -0.1) is 0 Å². The number of ether oxygens (including phenoxy) is 1. The van der Waals surface area contributed by atoms with Gasteiger partial charge in [0.25, 0.3) is 0 Å². The molecule has 2 aromatic carbocycles. The highest BCUT2D eigenvalue weighted by molar-refractivity contribution is 6.32. The first kappa shape index (κ1) is 13.6. The third kappa shape index (κ3) is 3.36. The average molecular weight is 275 g/mol. The van der Waals surface area contributed by atoms with Crippen molar-refractivity contribution in [3.63, 3.8) is 0 Å². The number of carbonyl (C=O) groups is 1. The molecule has 0 fully saturated rings. The smallest absolute Gasteiger partial charge is 0.163 e. The molecule has 0 aromatic heterocycles. The summed E-state index contributed by atoms with van der Waals surface area (Å²) in [7, 11) is 0. The Labute approximate surface area is 118 Å². The van der Waals surface area contributed by atoms with Crippen LogP contribution in [0.1, 0.15) is 28.4 Å². The number of hydrogen-bond acceptors (Lipinski definition) is 2. The Morgan fingerprint density at radius 2 is 1.84 bits per heavy atom. The summed E-state index contributed by atoms with van der Waals surface area (Å²) in [5, 5.41) is 0.458. The maximum Gasteiger partial charge on any atom is 0.163 e. The first-order valence-electron chi connectivity index (χ1n) is 6.05. The Kier molecular flexibility index (Phi) is 4.23. The first-order valence-corrected chi connectivity index (χ1v) is 6.43. The Bertz CT molecular complexity index is 588. The summed E-state index contributed by atoms with van der Waals surface area (Å²) in [6, 6.07) is 13.2. The van der Waals surface area contributed by atoms with Crippen molar-refractivity contribution in [3.8, 4) is 5.75 Å². The number of halogens is 1. The van der Waals surface area contributed by atoms with Crippen LogP contribution in [-0.2, 0) is 6.61 Å². The number of carbonyl (C=O) groups excluding carboxylic acids is 1. The van der Waals surface area contributed by atoms with Crippen molar-refractivity contribution >= 4 is 17.4 Å². The van der Waals surface area contributed by atoms with Gasteiger partial charge in [0.1, 0.15) is 12.4 Å². The molecule has 2 rings (SSSR count). The van der Waals surface area contributed by atoms with Gasteiger partial charge in [-0.25, -0.2) is 0 Å². The van der Waals surface area contributed by atoms with Gasteiger partial charge in [-0.3, -0.25) is 4.79 Å². The molecule has 19 heavy (non-hydrogen) atoms. The van der Waals surface area contributed by atoms with Gasteiger partial charge < -0.3 is 4.74 Å². The van der Waals surface area contributed by atoms with Crippen LogP contribution in [0.5, 0.6) is 5.75 Å². The van der Waals surface area contributed by atoms with E-state index >= 15 is 0 Å². The fourth-order valence-corrected chi connectivity index (χ4v) is 2.00. The highest BCUT2D eigenvalue weighted by atomic mass is 35.5. The lowest BCUT2D eigenvalue weighted by atomic mass is 10.1. The Morgan fingerprint density at radius 3 is 2.47 bits per heavy atom. The van der Waals surface area contributed by atoms with Crippen molar-refractivity contribution in [2.24, 2.45) is 0 Å². The summed E-state index contributed by atoms with van der Waals surface area (Å²) < 4.78 is 5.70. The zero-order valence-electron chi connectivity index (χ0n) is 10.9. The maximum absolute atomic E-state index is 11.5. The summed E-state index contributed by atoms with van der Waals surface area (Å²) in [4.78, 5) is 11.5. The van der Waals surface area contributed by atoms with Crippen LogP contribution in [-0.4, -0.2) is 5.78 Å². The van der Waals surface area contributed by atoms with Crippen molar-refractivity contribution in [1.29, 1.82) is 0 Å². The molecule has 0 radical (unpaired) electrons. The molecule has 3 heteroatoms. The second-order valence-corrected chi connectivity index (χ2v) is 4.85. The number of Topliss-reactive ketones (excluding diaryl/α,β-unsaturated/α-hetero) is 1. The van der Waals surface area contributed by atoms with Gasteiger partial charge in [-0.2, -0.15) is 0 Å². The highest BCUT2D eigenvalue weighted by Gasteiger charge is 2.12. The lowest BCUT2D eigenvalue weighted by Gasteiger charge is -2.11. The Morgan fingerprint density at radius 1 is 1.16 bits per heavy atom. The van der Waals surface area contributed by atoms with E-state index in [0.717, 1.165) is 5.56 Å². The van der Waals surface area contributed by atoms with Crippen molar-refractivity contribution < 1.29 is 9.53 Å². The molecule has 0 aliphatic rings. The van der Waals surface area contributed by atoms with Crippen LogP contribution in [0.3, 0.4) is 0 Å². The van der Waals surface area contributed by atoms with E-state index in [0.29, 0.717) is 22.9 Å². The molecule has 0 aliphatic carbocycles. The number of para-hydroxylation sites is 1. The molecule has 0 unspecified atom stereocenters. The monoisotopic (exact) mass is 274 g/mol. The lowest BCUT2D eigenvalue weighted by Crippen LogP contribution is -2.02. The van der Waals surface area contributed by atoms with E-state index in [1.54, 1.807) is 18.2 Å². The summed E-state index contributed by atoms with van der Waals surface area (Å²) in [6.45, 7) is 3.93. The molecule has 98 valence electrons. The van der Waals surface area contributed by atoms with Crippen molar-refractivity contribution in [2.45, 2.75) is 20.5 Å². The molecule has 0 amide bonds. The normalized spacial score (nSPS) is 10.3. The van der Waals surface area contributed by atoms with Crippen LogP contribution in [0.2, 0.25) is 5.02 Å². The molecule has 0 saturated heterocycles.